The van der Waals surface area contributed by atoms with Gasteiger partial charge in [0.1, 0.15) is 18.2 Å². The van der Waals surface area contributed by atoms with Crippen LogP contribution in [0.3, 0.4) is 0 Å². The Morgan fingerprint density at radius 2 is 2.15 bits per heavy atom. The van der Waals surface area contributed by atoms with Gasteiger partial charge in [-0.2, -0.15) is 0 Å². The van der Waals surface area contributed by atoms with Gasteiger partial charge in [-0.05, 0) is 26.0 Å². The monoisotopic (exact) mass is 297 g/mol. The van der Waals surface area contributed by atoms with Gasteiger partial charge in [0.25, 0.3) is 0 Å². The Kier molecular flexibility index (Phi) is 4.39. The molecular weight excluding hydrogens is 285 g/mol. The normalized spacial score (nSPS) is 10.6. The van der Waals surface area contributed by atoms with Gasteiger partial charge in [0.05, 0.1) is 17.7 Å². The molecule has 0 amide bonds. The zero-order valence-electron chi connectivity index (χ0n) is 11.1. The molecule has 0 N–H and O–H groups in total. The third-order valence-electron chi connectivity index (χ3n) is 2.94. The Morgan fingerprint density at radius 3 is 2.75 bits per heavy atom. The molecule has 106 valence electrons. The molecule has 0 unspecified atom stereocenters. The fourth-order valence-electron chi connectivity index (χ4n) is 1.76. The summed E-state index contributed by atoms with van der Waals surface area (Å²) in [6, 6.07) is 4.26. The second kappa shape index (κ2) is 6.05. The molecule has 0 bridgehead atoms. The summed E-state index contributed by atoms with van der Waals surface area (Å²) in [5.41, 5.74) is 1.52. The van der Waals surface area contributed by atoms with Crippen LogP contribution in [0, 0.1) is 19.7 Å². The molecule has 0 radical (unpaired) electrons. The maximum atomic E-state index is 13.5. The maximum absolute atomic E-state index is 13.5. The highest BCUT2D eigenvalue weighted by atomic mass is 35.5. The van der Waals surface area contributed by atoms with E-state index in [1.54, 1.807) is 13.8 Å². The molecule has 1 aromatic heterocycles. The molecule has 6 heteroatoms. The molecule has 0 atom stereocenters. The molecule has 1 heterocycles. The van der Waals surface area contributed by atoms with E-state index in [-0.39, 0.29) is 23.6 Å². The SMILES string of the molecule is Cc1noc(C)c1COC(=O)Cc1c(F)cccc1Cl. The Balaban J connectivity index is 2.00. The van der Waals surface area contributed by atoms with Gasteiger partial charge in [0, 0.05) is 10.6 Å². The van der Waals surface area contributed by atoms with Crippen LogP contribution in [0.25, 0.3) is 0 Å². The number of aryl methyl sites for hydroxylation is 2. The van der Waals surface area contributed by atoms with Gasteiger partial charge in [-0.1, -0.05) is 22.8 Å². The smallest absolute Gasteiger partial charge is 0.310 e. The average molecular weight is 298 g/mol. The van der Waals surface area contributed by atoms with Gasteiger partial charge in [0.15, 0.2) is 0 Å². The molecule has 0 spiro atoms. The van der Waals surface area contributed by atoms with Crippen molar-refractivity contribution in [2.24, 2.45) is 0 Å². The average Bonchev–Trinajstić information content (AvgIpc) is 2.71. The molecule has 1 aromatic carbocycles. The first-order chi connectivity index (χ1) is 9.49. The van der Waals surface area contributed by atoms with Crippen molar-refractivity contribution in [2.75, 3.05) is 0 Å². The van der Waals surface area contributed by atoms with Gasteiger partial charge in [-0.15, -0.1) is 0 Å². The fourth-order valence-corrected chi connectivity index (χ4v) is 1.99. The van der Waals surface area contributed by atoms with Gasteiger partial charge >= 0.3 is 5.97 Å². The quantitative estimate of drug-likeness (QED) is 0.812. The molecule has 2 aromatic rings. The van der Waals surface area contributed by atoms with Crippen molar-refractivity contribution in [2.45, 2.75) is 26.9 Å². The third-order valence-corrected chi connectivity index (χ3v) is 3.30. The van der Waals surface area contributed by atoms with Crippen LogP contribution >= 0.6 is 11.6 Å². The number of carbonyl (C=O) groups excluding carboxylic acids is 1. The van der Waals surface area contributed by atoms with Crippen LogP contribution in [0.1, 0.15) is 22.6 Å². The first-order valence-electron chi connectivity index (χ1n) is 5.99. The lowest BCUT2D eigenvalue weighted by Crippen LogP contribution is -2.10. The van der Waals surface area contributed by atoms with Crippen LogP contribution in [-0.4, -0.2) is 11.1 Å². The van der Waals surface area contributed by atoms with Crippen LogP contribution in [-0.2, 0) is 22.6 Å². The minimum absolute atomic E-state index is 0.0477. The molecule has 0 aliphatic rings. The highest BCUT2D eigenvalue weighted by Crippen LogP contribution is 2.20. The highest BCUT2D eigenvalue weighted by Gasteiger charge is 2.15. The number of carbonyl (C=O) groups is 1. The third kappa shape index (κ3) is 3.17. The van der Waals surface area contributed by atoms with Crippen molar-refractivity contribution in [3.63, 3.8) is 0 Å². The van der Waals surface area contributed by atoms with Crippen LogP contribution in [0.2, 0.25) is 5.02 Å². The molecule has 0 fully saturated rings. The molecule has 0 aliphatic carbocycles. The van der Waals surface area contributed by atoms with Gasteiger partial charge in [-0.3, -0.25) is 4.79 Å². The Labute approximate surface area is 120 Å². The standard InChI is InChI=1S/C14H13ClFNO3/c1-8-11(9(2)20-17-8)7-19-14(18)6-10-12(15)4-3-5-13(10)16/h3-5H,6-7H2,1-2H3. The number of ether oxygens (including phenoxy) is 1. The van der Waals surface area contributed by atoms with Crippen LogP contribution in [0.5, 0.6) is 0 Å². The van der Waals surface area contributed by atoms with E-state index in [2.05, 4.69) is 5.16 Å². The summed E-state index contributed by atoms with van der Waals surface area (Å²) in [4.78, 5) is 11.7. The first kappa shape index (κ1) is 14.5. The summed E-state index contributed by atoms with van der Waals surface area (Å²) in [5, 5.41) is 3.97. The van der Waals surface area contributed by atoms with Crippen molar-refractivity contribution in [3.05, 3.63) is 51.6 Å². The largest absolute Gasteiger partial charge is 0.460 e. The second-order valence-electron chi connectivity index (χ2n) is 4.34. The number of halogens is 2. The molecule has 0 saturated carbocycles. The van der Waals surface area contributed by atoms with Gasteiger partial charge in [0.2, 0.25) is 0 Å². The van der Waals surface area contributed by atoms with E-state index in [0.717, 1.165) is 5.56 Å². The predicted octanol–water partition coefficient (Wildman–Crippen LogP) is 3.37. The van der Waals surface area contributed by atoms with Crippen molar-refractivity contribution in [1.82, 2.24) is 5.16 Å². The number of hydrogen-bond donors (Lipinski definition) is 0. The zero-order chi connectivity index (χ0) is 14.7. The van der Waals surface area contributed by atoms with E-state index in [9.17, 15) is 9.18 Å². The van der Waals surface area contributed by atoms with Gasteiger partial charge < -0.3 is 9.26 Å². The van der Waals surface area contributed by atoms with E-state index < -0.39 is 11.8 Å². The minimum Gasteiger partial charge on any atom is -0.460 e. The highest BCUT2D eigenvalue weighted by molar-refractivity contribution is 6.31. The summed E-state index contributed by atoms with van der Waals surface area (Å²) >= 11 is 5.85. The lowest BCUT2D eigenvalue weighted by Gasteiger charge is -2.07. The second-order valence-corrected chi connectivity index (χ2v) is 4.75. The van der Waals surface area contributed by atoms with E-state index in [0.29, 0.717) is 11.5 Å². The summed E-state index contributed by atoms with van der Waals surface area (Å²) < 4.78 is 23.6. The molecule has 0 aliphatic heterocycles. The first-order valence-corrected chi connectivity index (χ1v) is 6.37. The predicted molar refractivity (Wildman–Crippen MR) is 70.9 cm³/mol. The lowest BCUT2D eigenvalue weighted by molar-refractivity contribution is -0.144. The number of hydrogen-bond acceptors (Lipinski definition) is 4. The molecule has 2 rings (SSSR count). The number of aromatic nitrogens is 1. The number of rotatable bonds is 4. The van der Waals surface area contributed by atoms with Gasteiger partial charge in [-0.25, -0.2) is 4.39 Å². The number of benzene rings is 1. The Morgan fingerprint density at radius 1 is 1.40 bits per heavy atom. The van der Waals surface area contributed by atoms with Crippen LogP contribution in [0.15, 0.2) is 22.7 Å². The number of esters is 1. The van der Waals surface area contributed by atoms with E-state index in [1.165, 1.54) is 18.2 Å². The van der Waals surface area contributed by atoms with E-state index >= 15 is 0 Å². The van der Waals surface area contributed by atoms with Crippen molar-refractivity contribution >= 4 is 17.6 Å². The summed E-state index contributed by atoms with van der Waals surface area (Å²) in [5.74, 6) is -0.483. The molecule has 20 heavy (non-hydrogen) atoms. The zero-order valence-corrected chi connectivity index (χ0v) is 11.8. The van der Waals surface area contributed by atoms with E-state index in [1.807, 2.05) is 0 Å². The van der Waals surface area contributed by atoms with E-state index in [4.69, 9.17) is 20.9 Å². The lowest BCUT2D eigenvalue weighted by atomic mass is 10.1. The molecule has 0 saturated heterocycles. The van der Waals surface area contributed by atoms with Crippen molar-refractivity contribution < 1.29 is 18.4 Å². The van der Waals surface area contributed by atoms with Crippen molar-refractivity contribution in [3.8, 4) is 0 Å². The summed E-state index contributed by atoms with van der Waals surface area (Å²) in [7, 11) is 0. The van der Waals surface area contributed by atoms with Crippen LogP contribution < -0.4 is 0 Å². The topological polar surface area (TPSA) is 52.3 Å². The molecular formula is C14H13ClFNO3. The Hall–Kier alpha value is -1.88. The fraction of sp³-hybridized carbons (Fsp3) is 0.286. The maximum Gasteiger partial charge on any atom is 0.310 e. The molecule has 4 nitrogen and oxygen atoms in total. The van der Waals surface area contributed by atoms with Crippen molar-refractivity contribution in [1.29, 1.82) is 0 Å². The summed E-state index contributed by atoms with van der Waals surface area (Å²) in [6.07, 6.45) is -0.213. The minimum atomic E-state index is -0.558. The summed E-state index contributed by atoms with van der Waals surface area (Å²) in [6.45, 7) is 3.54. The number of nitrogens with zero attached hydrogens (tertiary/aromatic N) is 1. The van der Waals surface area contributed by atoms with Crippen LogP contribution in [0.4, 0.5) is 4.39 Å². The Bertz CT molecular complexity index is 600.